The molecule has 2 saturated heterocycles. The topological polar surface area (TPSA) is 99.7 Å². The number of benzene rings is 2. The summed E-state index contributed by atoms with van der Waals surface area (Å²) in [5, 5.41) is 22.7. The van der Waals surface area contributed by atoms with Crippen LogP contribution in [0.1, 0.15) is 48.6 Å². The van der Waals surface area contributed by atoms with Crippen LogP contribution in [-0.4, -0.2) is 78.7 Å². The average Bonchev–Trinajstić information content (AvgIpc) is 3.49. The van der Waals surface area contributed by atoms with E-state index >= 15 is 0 Å². The third kappa shape index (κ3) is 5.69. The van der Waals surface area contributed by atoms with Gasteiger partial charge in [0.05, 0.1) is 36.5 Å². The second kappa shape index (κ2) is 12.8. The van der Waals surface area contributed by atoms with E-state index < -0.39 is 0 Å². The van der Waals surface area contributed by atoms with Gasteiger partial charge in [-0.15, -0.1) is 0 Å². The number of aromatic nitrogens is 1. The number of hydrogen-bond acceptors (Lipinski definition) is 8. The molecule has 0 spiro atoms. The maximum atomic E-state index is 12.7. The van der Waals surface area contributed by atoms with Crippen molar-refractivity contribution in [3.8, 4) is 18.0 Å². The van der Waals surface area contributed by atoms with Crippen molar-refractivity contribution in [2.75, 3.05) is 49.6 Å². The molecule has 9 nitrogen and oxygen atoms in total. The Bertz CT molecular complexity index is 1700. The first-order valence-corrected chi connectivity index (χ1v) is 16.0. The minimum atomic E-state index is -0.307. The summed E-state index contributed by atoms with van der Waals surface area (Å²) < 4.78 is 6.62. The van der Waals surface area contributed by atoms with Gasteiger partial charge in [-0.3, -0.25) is 9.69 Å². The first-order chi connectivity index (χ1) is 21.8. The van der Waals surface area contributed by atoms with E-state index in [2.05, 4.69) is 90.7 Å². The zero-order valence-electron chi connectivity index (χ0n) is 26.5. The van der Waals surface area contributed by atoms with Crippen molar-refractivity contribution in [2.45, 2.75) is 64.3 Å². The number of nitriles is 2. The van der Waals surface area contributed by atoms with Gasteiger partial charge in [0.15, 0.2) is 0 Å². The molecule has 0 bridgehead atoms. The SMILES string of the molecule is C=CC(=O)N1CCN(c2c(C#N)c(O[C@H](C)[C@H]3CCCN3C)nc3c2CCN(c2cccc4cccc(C)c24)C3)C[C@@H]1CC#N. The van der Waals surface area contributed by atoms with Gasteiger partial charge in [-0.05, 0) is 69.8 Å². The molecular weight excluding hydrogens is 562 g/mol. The van der Waals surface area contributed by atoms with Crippen molar-refractivity contribution >= 4 is 28.1 Å². The number of likely N-dealkylation sites (tertiary alicyclic amines) is 1. The van der Waals surface area contributed by atoms with E-state index in [1.165, 1.54) is 28.1 Å². The predicted octanol–water partition coefficient (Wildman–Crippen LogP) is 4.96. The molecule has 4 heterocycles. The molecule has 45 heavy (non-hydrogen) atoms. The number of carbonyl (C=O) groups excluding carboxylic acids is 1. The van der Waals surface area contributed by atoms with E-state index in [9.17, 15) is 15.3 Å². The van der Waals surface area contributed by atoms with Crippen LogP contribution in [0.15, 0.2) is 49.1 Å². The second-order valence-corrected chi connectivity index (χ2v) is 12.5. The monoisotopic (exact) mass is 603 g/mol. The zero-order chi connectivity index (χ0) is 31.7. The molecule has 6 rings (SSSR count). The maximum Gasteiger partial charge on any atom is 0.246 e. The predicted molar refractivity (Wildman–Crippen MR) is 176 cm³/mol. The van der Waals surface area contributed by atoms with Crippen molar-refractivity contribution in [1.29, 1.82) is 10.5 Å². The molecule has 0 saturated carbocycles. The Balaban J connectivity index is 1.43. The average molecular weight is 604 g/mol. The summed E-state index contributed by atoms with van der Waals surface area (Å²) in [6.07, 6.45) is 4.25. The molecule has 3 aliphatic heterocycles. The first kappa shape index (κ1) is 30.4. The summed E-state index contributed by atoms with van der Waals surface area (Å²) in [5.41, 5.74) is 5.65. The number of hydrogen-bond donors (Lipinski definition) is 0. The second-order valence-electron chi connectivity index (χ2n) is 12.5. The van der Waals surface area contributed by atoms with E-state index in [1.54, 1.807) is 4.90 Å². The summed E-state index contributed by atoms with van der Waals surface area (Å²) in [6, 6.07) is 17.5. The molecule has 2 aromatic carbocycles. The summed E-state index contributed by atoms with van der Waals surface area (Å²) in [6.45, 7) is 11.7. The number of amides is 1. The van der Waals surface area contributed by atoms with Crippen LogP contribution >= 0.6 is 0 Å². The smallest absolute Gasteiger partial charge is 0.246 e. The van der Waals surface area contributed by atoms with Crippen LogP contribution in [0.3, 0.4) is 0 Å². The van der Waals surface area contributed by atoms with Crippen LogP contribution in [0.2, 0.25) is 0 Å². The van der Waals surface area contributed by atoms with Crippen LogP contribution in [0.25, 0.3) is 10.8 Å². The minimum Gasteiger partial charge on any atom is -0.472 e. The van der Waals surface area contributed by atoms with Gasteiger partial charge in [0, 0.05) is 48.9 Å². The van der Waals surface area contributed by atoms with E-state index in [1.807, 2.05) is 0 Å². The molecule has 3 aliphatic rings. The molecule has 0 unspecified atom stereocenters. The van der Waals surface area contributed by atoms with E-state index in [0.29, 0.717) is 44.0 Å². The van der Waals surface area contributed by atoms with E-state index in [4.69, 9.17) is 9.72 Å². The third-order valence-corrected chi connectivity index (χ3v) is 9.84. The molecule has 1 aromatic heterocycles. The number of rotatable bonds is 7. The van der Waals surface area contributed by atoms with Crippen molar-refractivity contribution in [1.82, 2.24) is 14.8 Å². The Hall–Kier alpha value is -4.60. The largest absolute Gasteiger partial charge is 0.472 e. The van der Waals surface area contributed by atoms with E-state index in [-0.39, 0.29) is 30.5 Å². The number of fused-ring (bicyclic) bond motifs is 2. The number of carbonyl (C=O) groups is 1. The summed E-state index contributed by atoms with van der Waals surface area (Å²) in [5.74, 6) is 0.197. The Labute approximate surface area is 265 Å². The molecule has 9 heteroatoms. The molecular formula is C36H41N7O2. The standard InChI is InChI=1S/C36H41N7O2/c1-5-33(44)43-20-19-42(22-27(43)14-16-37)35-28-15-18-41(32-12-7-11-26-10-6-9-24(2)34(26)32)23-30(28)39-36(29(35)21-38)45-25(3)31-13-8-17-40(31)4/h5-7,9-12,25,27,31H,1,8,13-15,17-20,22-23H2,2-4H3/t25-,27+,31-/m1/s1. The highest BCUT2D eigenvalue weighted by Crippen LogP contribution is 2.40. The zero-order valence-corrected chi connectivity index (χ0v) is 26.5. The van der Waals surface area contributed by atoms with Gasteiger partial charge in [0.1, 0.15) is 17.7 Å². The molecule has 232 valence electrons. The van der Waals surface area contributed by atoms with Gasteiger partial charge in [-0.2, -0.15) is 10.5 Å². The summed E-state index contributed by atoms with van der Waals surface area (Å²) in [4.78, 5) is 26.4. The molecule has 3 aromatic rings. The molecule has 3 atom stereocenters. The fourth-order valence-corrected chi connectivity index (χ4v) is 7.57. The van der Waals surface area contributed by atoms with Crippen LogP contribution in [0.5, 0.6) is 5.88 Å². The number of pyridine rings is 1. The fraction of sp³-hybridized carbons (Fsp3) is 0.444. The van der Waals surface area contributed by atoms with Gasteiger partial charge >= 0.3 is 0 Å². The lowest BCUT2D eigenvalue weighted by Gasteiger charge is -2.43. The van der Waals surface area contributed by atoms with Crippen LogP contribution in [-0.2, 0) is 17.8 Å². The normalized spacial score (nSPS) is 20.8. The quantitative estimate of drug-likeness (QED) is 0.350. The third-order valence-electron chi connectivity index (χ3n) is 9.84. The van der Waals surface area contributed by atoms with Crippen molar-refractivity contribution < 1.29 is 9.53 Å². The van der Waals surface area contributed by atoms with Gasteiger partial charge in [-0.1, -0.05) is 36.9 Å². The highest BCUT2D eigenvalue weighted by atomic mass is 16.5. The van der Waals surface area contributed by atoms with E-state index in [0.717, 1.165) is 42.9 Å². The minimum absolute atomic E-state index is 0.142. The summed E-state index contributed by atoms with van der Waals surface area (Å²) >= 11 is 0. The Morgan fingerprint density at radius 3 is 2.67 bits per heavy atom. The van der Waals surface area contributed by atoms with Gasteiger partial charge in [-0.25, -0.2) is 4.98 Å². The molecule has 0 N–H and O–H groups in total. The number of aryl methyl sites for hydroxylation is 1. The number of anilines is 2. The van der Waals surface area contributed by atoms with Gasteiger partial charge < -0.3 is 19.4 Å². The lowest BCUT2D eigenvalue weighted by molar-refractivity contribution is -0.128. The van der Waals surface area contributed by atoms with Gasteiger partial charge in [0.25, 0.3) is 0 Å². The first-order valence-electron chi connectivity index (χ1n) is 16.0. The molecule has 2 fully saturated rings. The number of nitrogens with zero attached hydrogens (tertiary/aromatic N) is 7. The highest BCUT2D eigenvalue weighted by molar-refractivity contribution is 5.97. The van der Waals surface area contributed by atoms with Gasteiger partial charge in [0.2, 0.25) is 11.8 Å². The lowest BCUT2D eigenvalue weighted by atomic mass is 9.95. The number of ether oxygens (including phenoxy) is 1. The van der Waals surface area contributed by atoms with Crippen LogP contribution < -0.4 is 14.5 Å². The fourth-order valence-electron chi connectivity index (χ4n) is 7.57. The Kier molecular flexibility index (Phi) is 8.65. The van der Waals surface area contributed by atoms with Crippen LogP contribution in [0.4, 0.5) is 11.4 Å². The lowest BCUT2D eigenvalue weighted by Crippen LogP contribution is -2.55. The molecule has 0 aliphatic carbocycles. The summed E-state index contributed by atoms with van der Waals surface area (Å²) in [7, 11) is 2.12. The van der Waals surface area contributed by atoms with Crippen molar-refractivity contribution in [3.05, 3.63) is 71.4 Å². The number of likely N-dealkylation sites (N-methyl/N-ethyl adjacent to an activating group) is 1. The van der Waals surface area contributed by atoms with Crippen molar-refractivity contribution in [3.63, 3.8) is 0 Å². The van der Waals surface area contributed by atoms with Crippen LogP contribution in [0, 0.1) is 29.6 Å². The van der Waals surface area contributed by atoms with Crippen molar-refractivity contribution in [2.24, 2.45) is 0 Å². The molecule has 1 amide bonds. The highest BCUT2D eigenvalue weighted by Gasteiger charge is 2.36. The number of piperazine rings is 1. The Morgan fingerprint density at radius 2 is 1.96 bits per heavy atom. The Morgan fingerprint density at radius 1 is 1.16 bits per heavy atom. The molecule has 0 radical (unpaired) electrons. The maximum absolute atomic E-state index is 12.7.